The third kappa shape index (κ3) is 2.41. The Hall–Kier alpha value is -1.97. The highest BCUT2D eigenvalue weighted by molar-refractivity contribution is 6.07. The number of hydrogen-bond acceptors (Lipinski definition) is 2. The van der Waals surface area contributed by atoms with Crippen molar-refractivity contribution in [3.05, 3.63) is 30.0 Å². The summed E-state index contributed by atoms with van der Waals surface area (Å²) in [5, 5.41) is 3.77. The van der Waals surface area contributed by atoms with Crippen LogP contribution in [0.1, 0.15) is 30.1 Å². The van der Waals surface area contributed by atoms with E-state index in [1.54, 1.807) is 6.20 Å². The summed E-state index contributed by atoms with van der Waals surface area (Å²) < 4.78 is 0. The fraction of sp³-hybridized carbons (Fsp3) is 0.308. The number of fused-ring (bicyclic) bond motifs is 1. The number of aromatic amines is 1. The summed E-state index contributed by atoms with van der Waals surface area (Å²) in [6.45, 7) is 2.81. The third-order valence-electron chi connectivity index (χ3n) is 2.77. The maximum absolute atomic E-state index is 11.9. The first-order valence-corrected chi connectivity index (χ1v) is 5.87. The molecule has 0 atom stereocenters. The summed E-state index contributed by atoms with van der Waals surface area (Å²) in [6.07, 6.45) is 3.79. The van der Waals surface area contributed by atoms with Crippen molar-refractivity contribution in [1.29, 1.82) is 0 Å². The van der Waals surface area contributed by atoms with Crippen LogP contribution < -0.4 is 11.1 Å². The van der Waals surface area contributed by atoms with E-state index in [1.165, 1.54) is 0 Å². The molecular formula is C13H17N3O. The van der Waals surface area contributed by atoms with E-state index in [2.05, 4.69) is 17.2 Å². The Bertz CT molecular complexity index is 530. The quantitative estimate of drug-likeness (QED) is 0.558. The van der Waals surface area contributed by atoms with Gasteiger partial charge in [-0.2, -0.15) is 0 Å². The van der Waals surface area contributed by atoms with E-state index in [9.17, 15) is 4.79 Å². The van der Waals surface area contributed by atoms with Gasteiger partial charge in [0.05, 0.1) is 5.56 Å². The molecule has 1 amide bonds. The molecule has 4 N–H and O–H groups in total. The van der Waals surface area contributed by atoms with Crippen LogP contribution in [0.2, 0.25) is 0 Å². The molecule has 17 heavy (non-hydrogen) atoms. The Morgan fingerprint density at radius 3 is 3.06 bits per heavy atom. The van der Waals surface area contributed by atoms with Crippen molar-refractivity contribution >= 4 is 22.5 Å². The van der Waals surface area contributed by atoms with Gasteiger partial charge < -0.3 is 16.0 Å². The zero-order chi connectivity index (χ0) is 12.3. The first-order valence-electron chi connectivity index (χ1n) is 5.87. The van der Waals surface area contributed by atoms with Gasteiger partial charge in [-0.05, 0) is 24.6 Å². The second kappa shape index (κ2) is 4.91. The van der Waals surface area contributed by atoms with Gasteiger partial charge in [-0.1, -0.05) is 13.3 Å². The van der Waals surface area contributed by atoms with E-state index < -0.39 is 0 Å². The molecule has 0 aliphatic rings. The number of nitrogens with one attached hydrogen (secondary N) is 2. The monoisotopic (exact) mass is 231 g/mol. The molecule has 2 aromatic rings. The van der Waals surface area contributed by atoms with E-state index in [-0.39, 0.29) is 5.91 Å². The second-order valence-corrected chi connectivity index (χ2v) is 4.12. The van der Waals surface area contributed by atoms with Gasteiger partial charge in [-0.25, -0.2) is 0 Å². The lowest BCUT2D eigenvalue weighted by Crippen LogP contribution is -2.24. The first-order chi connectivity index (χ1) is 8.22. The highest BCUT2D eigenvalue weighted by Gasteiger charge is 2.11. The zero-order valence-corrected chi connectivity index (χ0v) is 9.92. The molecule has 4 nitrogen and oxygen atoms in total. The molecular weight excluding hydrogens is 214 g/mol. The van der Waals surface area contributed by atoms with E-state index in [4.69, 9.17) is 5.73 Å². The van der Waals surface area contributed by atoms with Crippen molar-refractivity contribution in [2.24, 2.45) is 0 Å². The van der Waals surface area contributed by atoms with Crippen molar-refractivity contribution in [1.82, 2.24) is 10.3 Å². The summed E-state index contributed by atoms with van der Waals surface area (Å²) in [6, 6.07) is 5.52. The molecule has 0 spiro atoms. The number of hydrogen-bond donors (Lipinski definition) is 3. The van der Waals surface area contributed by atoms with Crippen LogP contribution in [-0.2, 0) is 0 Å². The normalized spacial score (nSPS) is 10.6. The van der Waals surface area contributed by atoms with E-state index in [0.717, 1.165) is 23.7 Å². The smallest absolute Gasteiger partial charge is 0.253 e. The van der Waals surface area contributed by atoms with Gasteiger partial charge in [0.2, 0.25) is 0 Å². The van der Waals surface area contributed by atoms with Crippen LogP contribution in [-0.4, -0.2) is 17.4 Å². The van der Waals surface area contributed by atoms with E-state index in [1.807, 2.05) is 18.2 Å². The molecule has 2 rings (SSSR count). The van der Waals surface area contributed by atoms with Crippen LogP contribution in [0.3, 0.4) is 0 Å². The molecule has 0 unspecified atom stereocenters. The molecule has 1 aromatic carbocycles. The molecule has 0 aliphatic heterocycles. The molecule has 0 bridgehead atoms. The van der Waals surface area contributed by atoms with Crippen LogP contribution in [0.4, 0.5) is 5.69 Å². The number of carbonyl (C=O) groups is 1. The lowest BCUT2D eigenvalue weighted by atomic mass is 10.1. The lowest BCUT2D eigenvalue weighted by Gasteiger charge is -2.03. The molecule has 0 radical (unpaired) electrons. The van der Waals surface area contributed by atoms with Crippen LogP contribution in [0, 0.1) is 0 Å². The van der Waals surface area contributed by atoms with Crippen LogP contribution in [0.5, 0.6) is 0 Å². The van der Waals surface area contributed by atoms with Gasteiger partial charge in [0.25, 0.3) is 5.91 Å². The molecule has 1 aromatic heterocycles. The summed E-state index contributed by atoms with van der Waals surface area (Å²) in [4.78, 5) is 15.0. The predicted octanol–water partition coefficient (Wildman–Crippen LogP) is 2.28. The van der Waals surface area contributed by atoms with Crippen LogP contribution in [0.25, 0.3) is 10.9 Å². The molecule has 90 valence electrons. The molecule has 1 heterocycles. The number of H-pyrrole nitrogens is 1. The zero-order valence-electron chi connectivity index (χ0n) is 9.92. The van der Waals surface area contributed by atoms with Gasteiger partial charge >= 0.3 is 0 Å². The maximum Gasteiger partial charge on any atom is 0.253 e. The fourth-order valence-electron chi connectivity index (χ4n) is 1.80. The van der Waals surface area contributed by atoms with Crippen molar-refractivity contribution in [2.45, 2.75) is 19.8 Å². The Morgan fingerprint density at radius 2 is 2.29 bits per heavy atom. The summed E-state index contributed by atoms with van der Waals surface area (Å²) in [7, 11) is 0. The Balaban J connectivity index is 2.23. The third-order valence-corrected chi connectivity index (χ3v) is 2.77. The topological polar surface area (TPSA) is 70.9 Å². The SMILES string of the molecule is CCCCNC(=O)c1c[nH]c2ccc(N)cc12. The molecule has 0 saturated heterocycles. The Kier molecular flexibility index (Phi) is 3.32. The number of amides is 1. The predicted molar refractivity (Wildman–Crippen MR) is 70.0 cm³/mol. The number of nitrogen functional groups attached to an aromatic ring is 1. The average Bonchev–Trinajstić information content (AvgIpc) is 2.72. The number of unbranched alkanes of at least 4 members (excludes halogenated alkanes) is 1. The fourth-order valence-corrected chi connectivity index (χ4v) is 1.80. The number of aromatic nitrogens is 1. The van der Waals surface area contributed by atoms with Gasteiger partial charge in [0.1, 0.15) is 0 Å². The summed E-state index contributed by atoms with van der Waals surface area (Å²) in [5.74, 6) is -0.0460. The largest absolute Gasteiger partial charge is 0.399 e. The average molecular weight is 231 g/mol. The minimum Gasteiger partial charge on any atom is -0.399 e. The molecule has 0 aliphatic carbocycles. The van der Waals surface area contributed by atoms with Crippen molar-refractivity contribution < 1.29 is 4.79 Å². The van der Waals surface area contributed by atoms with Crippen LogP contribution in [0.15, 0.2) is 24.4 Å². The second-order valence-electron chi connectivity index (χ2n) is 4.12. The number of carbonyl (C=O) groups excluding carboxylic acids is 1. The minimum absolute atomic E-state index is 0.0460. The number of anilines is 1. The number of rotatable bonds is 4. The summed E-state index contributed by atoms with van der Waals surface area (Å²) >= 11 is 0. The first kappa shape index (κ1) is 11.5. The van der Waals surface area contributed by atoms with Gasteiger partial charge in [0, 0.05) is 29.3 Å². The van der Waals surface area contributed by atoms with Gasteiger partial charge in [-0.3, -0.25) is 4.79 Å². The van der Waals surface area contributed by atoms with Crippen LogP contribution >= 0.6 is 0 Å². The molecule has 4 heteroatoms. The van der Waals surface area contributed by atoms with Gasteiger partial charge in [0.15, 0.2) is 0 Å². The number of benzene rings is 1. The molecule has 0 fully saturated rings. The maximum atomic E-state index is 11.9. The van der Waals surface area contributed by atoms with Crippen molar-refractivity contribution in [2.75, 3.05) is 12.3 Å². The summed E-state index contributed by atoms with van der Waals surface area (Å²) in [5.41, 5.74) is 7.98. The van der Waals surface area contributed by atoms with Crippen molar-refractivity contribution in [3.63, 3.8) is 0 Å². The van der Waals surface area contributed by atoms with Gasteiger partial charge in [-0.15, -0.1) is 0 Å². The standard InChI is InChI=1S/C13H17N3O/c1-2-3-6-15-13(17)11-8-16-12-5-4-9(14)7-10(11)12/h4-5,7-8,16H,2-3,6,14H2,1H3,(H,15,17). The van der Waals surface area contributed by atoms with E-state index >= 15 is 0 Å². The lowest BCUT2D eigenvalue weighted by molar-refractivity contribution is 0.0955. The van der Waals surface area contributed by atoms with E-state index in [0.29, 0.717) is 17.8 Å². The minimum atomic E-state index is -0.0460. The van der Waals surface area contributed by atoms with Crippen molar-refractivity contribution in [3.8, 4) is 0 Å². The number of nitrogens with two attached hydrogens (primary N) is 1. The Morgan fingerprint density at radius 1 is 1.47 bits per heavy atom. The molecule has 0 saturated carbocycles. The highest BCUT2D eigenvalue weighted by Crippen LogP contribution is 2.20. The highest BCUT2D eigenvalue weighted by atomic mass is 16.1. The Labute approximate surface area is 100 Å².